The lowest BCUT2D eigenvalue weighted by molar-refractivity contribution is 0.102. The van der Waals surface area contributed by atoms with Gasteiger partial charge in [-0.25, -0.2) is 8.42 Å². The molecule has 0 saturated heterocycles. The summed E-state index contributed by atoms with van der Waals surface area (Å²) in [5.41, 5.74) is 1.94. The van der Waals surface area contributed by atoms with Crippen LogP contribution < -0.4 is 0 Å². The van der Waals surface area contributed by atoms with E-state index in [2.05, 4.69) is 0 Å². The van der Waals surface area contributed by atoms with Crippen molar-refractivity contribution in [2.45, 2.75) is 18.7 Å². The maximum absolute atomic E-state index is 12.2. The average molecular weight is 294 g/mol. The van der Waals surface area contributed by atoms with Gasteiger partial charge in [0.15, 0.2) is 15.6 Å². The minimum atomic E-state index is -3.57. The Morgan fingerprint density at radius 2 is 1.89 bits per heavy atom. The summed E-state index contributed by atoms with van der Waals surface area (Å²) in [5.74, 6) is -0.830. The molecule has 0 fully saturated rings. The number of thiophene rings is 1. The SMILES string of the molecule is Cc1ccc(S(=O)(=O)CC(=O)c2cccs2)cc1C. The van der Waals surface area contributed by atoms with Crippen LogP contribution in [0.5, 0.6) is 0 Å². The van der Waals surface area contributed by atoms with Crippen LogP contribution in [0.15, 0.2) is 40.6 Å². The number of hydrogen-bond acceptors (Lipinski definition) is 4. The predicted octanol–water partition coefficient (Wildman–Crippen LogP) is 3.02. The lowest BCUT2D eigenvalue weighted by Gasteiger charge is -2.06. The van der Waals surface area contributed by atoms with Gasteiger partial charge in [0, 0.05) is 0 Å². The maximum Gasteiger partial charge on any atom is 0.188 e. The number of rotatable bonds is 4. The highest BCUT2D eigenvalue weighted by molar-refractivity contribution is 7.92. The molecule has 0 spiro atoms. The molecule has 0 aliphatic carbocycles. The summed E-state index contributed by atoms with van der Waals surface area (Å²) >= 11 is 1.26. The third-order valence-corrected chi connectivity index (χ3v) is 5.48. The second-order valence-corrected chi connectivity index (χ2v) is 7.34. The molecular weight excluding hydrogens is 280 g/mol. The van der Waals surface area contributed by atoms with Crippen LogP contribution in [0.25, 0.3) is 0 Å². The van der Waals surface area contributed by atoms with Crippen molar-refractivity contribution in [3.8, 4) is 0 Å². The Bertz CT molecular complexity index is 698. The van der Waals surface area contributed by atoms with E-state index in [1.807, 2.05) is 13.8 Å². The zero-order valence-electron chi connectivity index (χ0n) is 10.7. The van der Waals surface area contributed by atoms with Gasteiger partial charge in [-0.2, -0.15) is 0 Å². The molecule has 100 valence electrons. The van der Waals surface area contributed by atoms with E-state index >= 15 is 0 Å². The van der Waals surface area contributed by atoms with Crippen LogP contribution in [0.4, 0.5) is 0 Å². The standard InChI is InChI=1S/C14H14O3S2/c1-10-5-6-12(8-11(10)2)19(16,17)9-13(15)14-4-3-7-18-14/h3-8H,9H2,1-2H3. The summed E-state index contributed by atoms with van der Waals surface area (Å²) in [7, 11) is -3.57. The topological polar surface area (TPSA) is 51.2 Å². The van der Waals surface area contributed by atoms with Gasteiger partial charge in [0.05, 0.1) is 9.77 Å². The smallest absolute Gasteiger partial charge is 0.188 e. The van der Waals surface area contributed by atoms with Crippen LogP contribution in [0, 0.1) is 13.8 Å². The fourth-order valence-corrected chi connectivity index (χ4v) is 3.73. The van der Waals surface area contributed by atoms with Crippen LogP contribution in [-0.2, 0) is 9.84 Å². The van der Waals surface area contributed by atoms with Crippen LogP contribution in [0.2, 0.25) is 0 Å². The molecule has 0 aliphatic heterocycles. The number of benzene rings is 1. The molecule has 0 amide bonds. The number of carbonyl (C=O) groups excluding carboxylic acids is 1. The van der Waals surface area contributed by atoms with Gasteiger partial charge in [-0.15, -0.1) is 11.3 Å². The van der Waals surface area contributed by atoms with E-state index in [4.69, 9.17) is 0 Å². The van der Waals surface area contributed by atoms with E-state index in [9.17, 15) is 13.2 Å². The lowest BCUT2D eigenvalue weighted by Crippen LogP contribution is -2.15. The molecule has 1 aromatic heterocycles. The van der Waals surface area contributed by atoms with Gasteiger partial charge in [-0.05, 0) is 48.6 Å². The molecule has 2 rings (SSSR count). The number of hydrogen-bond donors (Lipinski definition) is 0. The van der Waals surface area contributed by atoms with Crippen LogP contribution >= 0.6 is 11.3 Å². The molecular formula is C14H14O3S2. The van der Waals surface area contributed by atoms with Crippen molar-refractivity contribution in [3.63, 3.8) is 0 Å². The highest BCUT2D eigenvalue weighted by Gasteiger charge is 2.21. The monoisotopic (exact) mass is 294 g/mol. The third-order valence-electron chi connectivity index (χ3n) is 2.95. The van der Waals surface area contributed by atoms with Gasteiger partial charge < -0.3 is 0 Å². The summed E-state index contributed by atoms with van der Waals surface area (Å²) in [4.78, 5) is 12.6. The van der Waals surface area contributed by atoms with Gasteiger partial charge in [0.2, 0.25) is 0 Å². The summed E-state index contributed by atoms with van der Waals surface area (Å²) in [6.07, 6.45) is 0. The molecule has 2 aromatic rings. The summed E-state index contributed by atoms with van der Waals surface area (Å²) in [6.45, 7) is 3.78. The quantitative estimate of drug-likeness (QED) is 0.814. The van der Waals surface area contributed by atoms with E-state index < -0.39 is 15.6 Å². The Morgan fingerprint density at radius 3 is 2.47 bits per heavy atom. The highest BCUT2D eigenvalue weighted by atomic mass is 32.2. The highest BCUT2D eigenvalue weighted by Crippen LogP contribution is 2.18. The molecule has 0 N–H and O–H groups in total. The fraction of sp³-hybridized carbons (Fsp3) is 0.214. The predicted molar refractivity (Wildman–Crippen MR) is 76.6 cm³/mol. The molecule has 5 heteroatoms. The Morgan fingerprint density at radius 1 is 1.16 bits per heavy atom. The summed E-state index contributed by atoms with van der Waals surface area (Å²) < 4.78 is 24.4. The van der Waals surface area contributed by atoms with E-state index in [0.717, 1.165) is 11.1 Å². The lowest BCUT2D eigenvalue weighted by atomic mass is 10.1. The van der Waals surface area contributed by atoms with E-state index in [-0.39, 0.29) is 10.7 Å². The van der Waals surface area contributed by atoms with Crippen LogP contribution in [-0.4, -0.2) is 20.0 Å². The minimum Gasteiger partial charge on any atom is -0.292 e. The van der Waals surface area contributed by atoms with Crippen molar-refractivity contribution in [2.24, 2.45) is 0 Å². The molecule has 3 nitrogen and oxygen atoms in total. The molecule has 0 atom stereocenters. The Labute approximate surface area is 116 Å². The van der Waals surface area contributed by atoms with Crippen molar-refractivity contribution in [3.05, 3.63) is 51.7 Å². The van der Waals surface area contributed by atoms with E-state index in [1.54, 1.807) is 35.7 Å². The first-order valence-electron chi connectivity index (χ1n) is 5.77. The molecule has 0 saturated carbocycles. The zero-order chi connectivity index (χ0) is 14.0. The number of carbonyl (C=O) groups is 1. The van der Waals surface area contributed by atoms with Gasteiger partial charge >= 0.3 is 0 Å². The fourth-order valence-electron chi connectivity index (χ4n) is 1.67. The first-order valence-corrected chi connectivity index (χ1v) is 8.30. The van der Waals surface area contributed by atoms with Crippen molar-refractivity contribution >= 4 is 27.0 Å². The Balaban J connectivity index is 2.28. The first kappa shape index (κ1) is 14.0. The molecule has 0 bridgehead atoms. The minimum absolute atomic E-state index is 0.209. The third kappa shape index (κ3) is 3.11. The zero-order valence-corrected chi connectivity index (χ0v) is 12.3. The summed E-state index contributed by atoms with van der Waals surface area (Å²) in [6, 6.07) is 8.31. The van der Waals surface area contributed by atoms with Gasteiger partial charge in [0.1, 0.15) is 5.75 Å². The van der Waals surface area contributed by atoms with Crippen LogP contribution in [0.1, 0.15) is 20.8 Å². The van der Waals surface area contributed by atoms with Gasteiger partial charge in [-0.3, -0.25) is 4.79 Å². The van der Waals surface area contributed by atoms with E-state index in [1.165, 1.54) is 11.3 Å². The maximum atomic E-state index is 12.2. The molecule has 0 radical (unpaired) electrons. The largest absolute Gasteiger partial charge is 0.292 e. The Kier molecular flexibility index (Phi) is 3.87. The number of aryl methyl sites for hydroxylation is 2. The number of ketones is 1. The van der Waals surface area contributed by atoms with Gasteiger partial charge in [-0.1, -0.05) is 12.1 Å². The van der Waals surface area contributed by atoms with Crippen molar-refractivity contribution in [2.75, 3.05) is 5.75 Å². The number of sulfone groups is 1. The van der Waals surface area contributed by atoms with Crippen molar-refractivity contribution < 1.29 is 13.2 Å². The van der Waals surface area contributed by atoms with E-state index in [0.29, 0.717) is 4.88 Å². The Hall–Kier alpha value is -1.46. The van der Waals surface area contributed by atoms with Crippen molar-refractivity contribution in [1.29, 1.82) is 0 Å². The average Bonchev–Trinajstić information content (AvgIpc) is 2.85. The molecule has 19 heavy (non-hydrogen) atoms. The second kappa shape index (κ2) is 5.27. The second-order valence-electron chi connectivity index (χ2n) is 4.41. The molecule has 0 aliphatic rings. The molecule has 1 aromatic carbocycles. The normalized spacial score (nSPS) is 11.5. The van der Waals surface area contributed by atoms with Crippen LogP contribution in [0.3, 0.4) is 0 Å². The molecule has 1 heterocycles. The number of Topliss-reactive ketones (excluding diaryl/α,β-unsaturated/α-hetero) is 1. The molecule has 0 unspecified atom stereocenters. The first-order chi connectivity index (χ1) is 8.90. The summed E-state index contributed by atoms with van der Waals surface area (Å²) in [5, 5.41) is 1.76. The van der Waals surface area contributed by atoms with Crippen molar-refractivity contribution in [1.82, 2.24) is 0 Å². The van der Waals surface area contributed by atoms with Gasteiger partial charge in [0.25, 0.3) is 0 Å².